The maximum atomic E-state index is 13.2. The minimum Gasteiger partial charge on any atom is -0.404 e. The molecule has 3 N–H and O–H groups in total. The van der Waals surface area contributed by atoms with Gasteiger partial charge in [0, 0.05) is 66.4 Å². The van der Waals surface area contributed by atoms with Gasteiger partial charge in [-0.3, -0.25) is 9.79 Å². The molecule has 42 heavy (non-hydrogen) atoms. The number of carbonyl (C=O) groups is 1. The van der Waals surface area contributed by atoms with Crippen LogP contribution < -0.4 is 16.0 Å². The Balaban J connectivity index is 0.000000892. The number of benzene rings is 3. The number of hydrogen-bond acceptors (Lipinski definition) is 4. The zero-order chi connectivity index (χ0) is 30.7. The van der Waals surface area contributed by atoms with E-state index in [1.54, 1.807) is 18.3 Å². The predicted molar refractivity (Wildman–Crippen MR) is 169 cm³/mol. The summed E-state index contributed by atoms with van der Waals surface area (Å²) in [4.78, 5) is 20.1. The summed E-state index contributed by atoms with van der Waals surface area (Å²) >= 11 is 5.98. The van der Waals surface area contributed by atoms with Crippen LogP contribution in [0.5, 0.6) is 0 Å². The highest BCUT2D eigenvalue weighted by molar-refractivity contribution is 6.17. The molecule has 0 unspecified atom stereocenters. The van der Waals surface area contributed by atoms with Gasteiger partial charge in [0.05, 0.1) is 5.69 Å². The first-order chi connectivity index (χ1) is 20.0. The fraction of sp³-hybridized carbons (Fsp3) is 0.273. The second-order valence-electron chi connectivity index (χ2n) is 10.0. The van der Waals surface area contributed by atoms with E-state index in [2.05, 4.69) is 33.9 Å². The largest absolute Gasteiger partial charge is 0.404 e. The van der Waals surface area contributed by atoms with Crippen LogP contribution in [-0.4, -0.2) is 31.4 Å². The topological polar surface area (TPSA) is 70.7 Å². The van der Waals surface area contributed by atoms with Gasteiger partial charge in [-0.2, -0.15) is 13.2 Å². The van der Waals surface area contributed by atoms with Crippen LogP contribution in [0.15, 0.2) is 90.1 Å². The van der Waals surface area contributed by atoms with Crippen LogP contribution in [0, 0.1) is 6.92 Å². The Labute approximate surface area is 250 Å². The van der Waals surface area contributed by atoms with Crippen LogP contribution in [0.3, 0.4) is 0 Å². The maximum Gasteiger partial charge on any atom is 0.386 e. The fourth-order valence-corrected chi connectivity index (χ4v) is 4.55. The Morgan fingerprint density at radius 2 is 1.74 bits per heavy atom. The molecule has 0 aliphatic carbocycles. The zero-order valence-corrected chi connectivity index (χ0v) is 24.6. The number of allylic oxidation sites excluding steroid dienone is 2. The van der Waals surface area contributed by atoms with E-state index in [1.165, 1.54) is 31.0 Å². The summed E-state index contributed by atoms with van der Waals surface area (Å²) in [5.74, 6) is 0.136. The van der Waals surface area contributed by atoms with Crippen LogP contribution in [0.4, 0.5) is 30.2 Å². The van der Waals surface area contributed by atoms with E-state index in [4.69, 9.17) is 17.3 Å². The minimum atomic E-state index is -4.00. The lowest BCUT2D eigenvalue weighted by molar-refractivity contribution is -0.110. The van der Waals surface area contributed by atoms with Gasteiger partial charge in [-0.25, -0.2) is 0 Å². The molecule has 0 aromatic heterocycles. The number of halogens is 4. The number of rotatable bonds is 8. The first-order valence-electron chi connectivity index (χ1n) is 13.6. The van der Waals surface area contributed by atoms with Crippen molar-refractivity contribution in [3.63, 3.8) is 0 Å². The summed E-state index contributed by atoms with van der Waals surface area (Å²) in [6, 6.07) is 21.4. The maximum absolute atomic E-state index is 13.2. The smallest absolute Gasteiger partial charge is 0.386 e. The van der Waals surface area contributed by atoms with Crippen LogP contribution >= 0.6 is 11.6 Å². The zero-order valence-electron chi connectivity index (χ0n) is 23.8. The predicted octanol–water partition coefficient (Wildman–Crippen LogP) is 8.80. The van der Waals surface area contributed by atoms with Crippen molar-refractivity contribution in [2.75, 3.05) is 23.3 Å². The van der Waals surface area contributed by atoms with Gasteiger partial charge in [0.15, 0.2) is 0 Å². The summed E-state index contributed by atoms with van der Waals surface area (Å²) < 4.78 is 31.1. The standard InChI is InChI=1S/C31H33ClN4O.C2H3F3/c1-22-9-11-27(12-10-22)34-21-26(20-33)23(2)29-18-28(36-15-4-3-5-16-36)13-14-30(29)35-31(37)25-8-6-7-24(17-25)19-32;1-2(3,4)5/h6-14,17-18,20-21H,2-5,15-16,19,33H2,1H3,(H,35,37);1H3/b26-20+,34-21?;. The van der Waals surface area contributed by atoms with E-state index >= 15 is 0 Å². The quantitative estimate of drug-likeness (QED) is 0.155. The summed E-state index contributed by atoms with van der Waals surface area (Å²) in [5.41, 5.74) is 13.4. The van der Waals surface area contributed by atoms with Crippen molar-refractivity contribution in [2.45, 2.75) is 45.2 Å². The SMILES string of the molecule is C=C(/C(C=Nc1ccc(C)cc1)=C/N)c1cc(N2CCCCC2)ccc1NC(=O)c1cccc(CCl)c1.CC(F)(F)F. The molecule has 0 radical (unpaired) electrons. The number of anilines is 2. The minimum absolute atomic E-state index is 0.188. The molecule has 1 amide bonds. The molecule has 0 atom stereocenters. The molecule has 3 aromatic carbocycles. The molecule has 5 nitrogen and oxygen atoms in total. The van der Waals surface area contributed by atoms with Crippen LogP contribution in [0.1, 0.15) is 53.2 Å². The van der Waals surface area contributed by atoms with E-state index in [0.29, 0.717) is 28.3 Å². The lowest BCUT2D eigenvalue weighted by atomic mass is 9.97. The number of hydrogen-bond donors (Lipinski definition) is 2. The van der Waals surface area contributed by atoms with Gasteiger partial charge in [0.25, 0.3) is 5.91 Å². The first-order valence-corrected chi connectivity index (χ1v) is 14.2. The highest BCUT2D eigenvalue weighted by Crippen LogP contribution is 2.33. The van der Waals surface area contributed by atoms with Gasteiger partial charge in [-0.1, -0.05) is 36.4 Å². The molecule has 1 aliphatic heterocycles. The summed E-state index contributed by atoms with van der Waals surface area (Å²) in [6.07, 6.45) is 2.81. The third-order valence-corrected chi connectivity index (χ3v) is 6.86. The van der Waals surface area contributed by atoms with E-state index in [1.807, 2.05) is 49.4 Å². The number of nitrogens with two attached hydrogens (primary N) is 1. The van der Waals surface area contributed by atoms with Crippen molar-refractivity contribution in [1.82, 2.24) is 0 Å². The normalized spacial score (nSPS) is 13.9. The second-order valence-corrected chi connectivity index (χ2v) is 10.3. The molecular formula is C33H36ClF3N4O. The molecular weight excluding hydrogens is 561 g/mol. The lowest BCUT2D eigenvalue weighted by Gasteiger charge is -2.29. The molecule has 0 bridgehead atoms. The van der Waals surface area contributed by atoms with Gasteiger partial charge in [0.1, 0.15) is 0 Å². The van der Waals surface area contributed by atoms with Crippen molar-refractivity contribution in [3.8, 4) is 0 Å². The van der Waals surface area contributed by atoms with Gasteiger partial charge in [-0.05, 0) is 79.8 Å². The van der Waals surface area contributed by atoms with Crippen molar-refractivity contribution in [3.05, 3.63) is 107 Å². The van der Waals surface area contributed by atoms with E-state index in [0.717, 1.165) is 35.6 Å². The van der Waals surface area contributed by atoms with Crippen molar-refractivity contribution in [1.29, 1.82) is 0 Å². The number of amides is 1. The third-order valence-electron chi connectivity index (χ3n) is 6.56. The monoisotopic (exact) mass is 596 g/mol. The van der Waals surface area contributed by atoms with Gasteiger partial charge < -0.3 is 16.0 Å². The van der Waals surface area contributed by atoms with Gasteiger partial charge in [0.2, 0.25) is 0 Å². The van der Waals surface area contributed by atoms with E-state index in [-0.39, 0.29) is 12.8 Å². The number of alkyl halides is 4. The highest BCUT2D eigenvalue weighted by atomic mass is 35.5. The van der Waals surface area contributed by atoms with Gasteiger partial charge >= 0.3 is 6.18 Å². The Morgan fingerprint density at radius 3 is 2.36 bits per heavy atom. The Hall–Kier alpha value is -4.04. The second kappa shape index (κ2) is 15.3. The van der Waals surface area contributed by atoms with Crippen LogP contribution in [-0.2, 0) is 5.88 Å². The average Bonchev–Trinajstić information content (AvgIpc) is 2.98. The van der Waals surface area contributed by atoms with Gasteiger partial charge in [-0.15, -0.1) is 11.6 Å². The summed E-state index contributed by atoms with van der Waals surface area (Å²) in [7, 11) is 0. The average molecular weight is 597 g/mol. The van der Waals surface area contributed by atoms with E-state index < -0.39 is 6.18 Å². The molecule has 0 saturated carbocycles. The first kappa shape index (κ1) is 32.5. The molecule has 0 spiro atoms. The molecule has 3 aromatic rings. The highest BCUT2D eigenvalue weighted by Gasteiger charge is 2.18. The molecule has 1 saturated heterocycles. The number of carbonyl (C=O) groups excluding carboxylic acids is 1. The summed E-state index contributed by atoms with van der Waals surface area (Å²) in [5, 5.41) is 3.07. The Morgan fingerprint density at radius 1 is 1.07 bits per heavy atom. The number of piperidine rings is 1. The molecule has 1 aliphatic rings. The van der Waals surface area contributed by atoms with Crippen molar-refractivity contribution in [2.24, 2.45) is 10.7 Å². The Bertz CT molecular complexity index is 1420. The summed E-state index contributed by atoms with van der Waals surface area (Å²) in [6.45, 7) is 8.60. The van der Waals surface area contributed by atoms with Crippen LogP contribution in [0.25, 0.3) is 5.57 Å². The molecule has 222 valence electrons. The number of nitrogens with zero attached hydrogens (tertiary/aromatic N) is 2. The van der Waals surface area contributed by atoms with Crippen LogP contribution in [0.2, 0.25) is 0 Å². The number of aliphatic imine (C=N–C) groups is 1. The fourth-order valence-electron chi connectivity index (χ4n) is 4.38. The van der Waals surface area contributed by atoms with Crippen molar-refractivity contribution < 1.29 is 18.0 Å². The molecule has 1 fully saturated rings. The lowest BCUT2D eigenvalue weighted by Crippen LogP contribution is -2.29. The Kier molecular flexibility index (Phi) is 11.8. The van der Waals surface area contributed by atoms with Crippen molar-refractivity contribution >= 4 is 46.4 Å². The molecule has 9 heteroatoms. The number of aryl methyl sites for hydroxylation is 1. The van der Waals surface area contributed by atoms with E-state index in [9.17, 15) is 18.0 Å². The molecule has 4 rings (SSSR count). The molecule has 1 heterocycles. The third kappa shape index (κ3) is 10.1. The number of nitrogens with one attached hydrogen (secondary N) is 1.